The highest BCUT2D eigenvalue weighted by atomic mass is 32.2. The zero-order chi connectivity index (χ0) is 24.6. The molecule has 0 aliphatic heterocycles. The van der Waals surface area contributed by atoms with Gasteiger partial charge in [0, 0.05) is 19.5 Å². The normalized spacial score (nSPS) is 11.3. The second kappa shape index (κ2) is 11.7. The Balaban J connectivity index is 1.73. The lowest BCUT2D eigenvalue weighted by Crippen LogP contribution is -2.30. The van der Waals surface area contributed by atoms with Gasteiger partial charge in [-0.15, -0.1) is 0 Å². The van der Waals surface area contributed by atoms with Gasteiger partial charge in [-0.3, -0.25) is 4.79 Å². The molecule has 1 amide bonds. The van der Waals surface area contributed by atoms with Crippen molar-refractivity contribution in [3.05, 3.63) is 83.9 Å². The van der Waals surface area contributed by atoms with Gasteiger partial charge in [0.1, 0.15) is 11.5 Å². The molecule has 0 aromatic heterocycles. The lowest BCUT2D eigenvalue weighted by molar-refractivity contribution is -0.118. The molecule has 0 saturated heterocycles. The summed E-state index contributed by atoms with van der Waals surface area (Å²) in [4.78, 5) is 12.8. The largest absolute Gasteiger partial charge is 0.495 e. The average molecular weight is 483 g/mol. The van der Waals surface area contributed by atoms with E-state index < -0.39 is 15.9 Å². The number of nitrogens with zero attached hydrogens (tertiary/aromatic N) is 1. The van der Waals surface area contributed by atoms with Gasteiger partial charge < -0.3 is 14.8 Å². The van der Waals surface area contributed by atoms with Crippen LogP contribution in [0.4, 0.5) is 5.69 Å². The Hall–Kier alpha value is -3.36. The Kier molecular flexibility index (Phi) is 8.67. The Morgan fingerprint density at radius 2 is 1.59 bits per heavy atom. The number of methoxy groups -OCH3 is 1. The number of rotatable bonds is 11. The predicted molar refractivity (Wildman–Crippen MR) is 133 cm³/mol. The number of nitrogens with one attached hydrogen (secondary N) is 1. The first-order chi connectivity index (χ1) is 16.4. The molecule has 0 atom stereocenters. The maximum atomic E-state index is 12.9. The van der Waals surface area contributed by atoms with E-state index in [-0.39, 0.29) is 17.2 Å². The van der Waals surface area contributed by atoms with Crippen LogP contribution in [0.1, 0.15) is 25.0 Å². The summed E-state index contributed by atoms with van der Waals surface area (Å²) in [6.07, 6.45) is 0.678. The van der Waals surface area contributed by atoms with E-state index in [0.29, 0.717) is 31.0 Å². The SMILES string of the molecule is CCN(CC)S(=O)(=O)c1ccc(OC)c(NC(=O)COc2ccccc2Cc2ccccc2)c1. The molecule has 0 heterocycles. The van der Waals surface area contributed by atoms with Gasteiger partial charge in [0.05, 0.1) is 17.7 Å². The summed E-state index contributed by atoms with van der Waals surface area (Å²) in [7, 11) is -2.22. The summed E-state index contributed by atoms with van der Waals surface area (Å²) in [6.45, 7) is 4.02. The summed E-state index contributed by atoms with van der Waals surface area (Å²) in [5.74, 6) is 0.549. The highest BCUT2D eigenvalue weighted by Crippen LogP contribution is 2.29. The van der Waals surface area contributed by atoms with Gasteiger partial charge in [-0.05, 0) is 35.4 Å². The summed E-state index contributed by atoms with van der Waals surface area (Å²) in [6, 6.07) is 22.0. The number of benzene rings is 3. The predicted octanol–water partition coefficient (Wildman–Crippen LogP) is 4.33. The third-order valence-corrected chi connectivity index (χ3v) is 7.40. The van der Waals surface area contributed by atoms with Crippen molar-refractivity contribution in [1.29, 1.82) is 0 Å². The molecule has 0 unspecified atom stereocenters. The highest BCUT2D eigenvalue weighted by molar-refractivity contribution is 7.89. The molecular formula is C26H30N2O5S. The molecule has 0 aliphatic carbocycles. The molecule has 1 N–H and O–H groups in total. The molecule has 3 rings (SSSR count). The van der Waals surface area contributed by atoms with Gasteiger partial charge in [-0.2, -0.15) is 4.31 Å². The maximum absolute atomic E-state index is 12.9. The molecule has 0 bridgehead atoms. The van der Waals surface area contributed by atoms with Crippen LogP contribution in [0, 0.1) is 0 Å². The van der Waals surface area contributed by atoms with Crippen molar-refractivity contribution in [1.82, 2.24) is 4.31 Å². The van der Waals surface area contributed by atoms with E-state index in [4.69, 9.17) is 9.47 Å². The molecule has 0 aliphatic rings. The number of sulfonamides is 1. The molecule has 0 fully saturated rings. The molecule has 0 saturated carbocycles. The second-order valence-electron chi connectivity index (χ2n) is 7.56. The van der Waals surface area contributed by atoms with Crippen molar-refractivity contribution in [3.8, 4) is 11.5 Å². The number of amides is 1. The first-order valence-electron chi connectivity index (χ1n) is 11.1. The number of carbonyl (C=O) groups is 1. The minimum atomic E-state index is -3.68. The fourth-order valence-electron chi connectivity index (χ4n) is 3.59. The van der Waals surface area contributed by atoms with Crippen LogP contribution in [0.25, 0.3) is 0 Å². The van der Waals surface area contributed by atoms with Crippen molar-refractivity contribution in [2.24, 2.45) is 0 Å². The Labute approximate surface area is 201 Å². The summed E-state index contributed by atoms with van der Waals surface area (Å²) in [5.41, 5.74) is 2.37. The Morgan fingerprint density at radius 1 is 0.912 bits per heavy atom. The van der Waals surface area contributed by atoms with Crippen molar-refractivity contribution in [3.63, 3.8) is 0 Å². The number of carbonyl (C=O) groups excluding carboxylic acids is 1. The van der Waals surface area contributed by atoms with Crippen LogP contribution in [-0.2, 0) is 21.2 Å². The Morgan fingerprint density at radius 3 is 2.26 bits per heavy atom. The summed E-state index contributed by atoms with van der Waals surface area (Å²) in [5, 5.41) is 2.72. The van der Waals surface area contributed by atoms with Crippen molar-refractivity contribution < 1.29 is 22.7 Å². The molecule has 0 spiro atoms. The molecule has 8 heteroatoms. The monoisotopic (exact) mass is 482 g/mol. The average Bonchev–Trinajstić information content (AvgIpc) is 2.84. The van der Waals surface area contributed by atoms with Crippen LogP contribution in [0.3, 0.4) is 0 Å². The smallest absolute Gasteiger partial charge is 0.262 e. The van der Waals surface area contributed by atoms with Crippen LogP contribution in [0.15, 0.2) is 77.7 Å². The van der Waals surface area contributed by atoms with E-state index in [2.05, 4.69) is 5.32 Å². The second-order valence-corrected chi connectivity index (χ2v) is 9.50. The van der Waals surface area contributed by atoms with E-state index in [1.165, 1.54) is 29.6 Å². The number of hydrogen-bond donors (Lipinski definition) is 1. The number of para-hydroxylation sites is 1. The standard InChI is InChI=1S/C26H30N2O5S/c1-4-28(5-2)34(30,31)22-15-16-25(32-3)23(18-22)27-26(29)19-33-24-14-10-9-13-21(24)17-20-11-7-6-8-12-20/h6-16,18H,4-5,17,19H2,1-3H3,(H,27,29). The minimum Gasteiger partial charge on any atom is -0.495 e. The number of ether oxygens (including phenoxy) is 2. The highest BCUT2D eigenvalue weighted by Gasteiger charge is 2.23. The fourth-order valence-corrected chi connectivity index (χ4v) is 5.08. The molecule has 3 aromatic carbocycles. The van der Waals surface area contributed by atoms with Crippen molar-refractivity contribution >= 4 is 21.6 Å². The number of anilines is 1. The van der Waals surface area contributed by atoms with Crippen LogP contribution < -0.4 is 14.8 Å². The van der Waals surface area contributed by atoms with Crippen molar-refractivity contribution in [2.45, 2.75) is 25.2 Å². The van der Waals surface area contributed by atoms with Gasteiger partial charge >= 0.3 is 0 Å². The van der Waals surface area contributed by atoms with Gasteiger partial charge in [0.25, 0.3) is 5.91 Å². The first kappa shape index (κ1) is 25.3. The third kappa shape index (κ3) is 6.15. The molecular weight excluding hydrogens is 452 g/mol. The van der Waals surface area contributed by atoms with E-state index in [1.54, 1.807) is 13.8 Å². The zero-order valence-electron chi connectivity index (χ0n) is 19.7. The topological polar surface area (TPSA) is 84.9 Å². The lowest BCUT2D eigenvalue weighted by atomic mass is 10.0. The van der Waals surface area contributed by atoms with E-state index >= 15 is 0 Å². The van der Waals surface area contributed by atoms with Crippen LogP contribution >= 0.6 is 0 Å². The van der Waals surface area contributed by atoms with Gasteiger partial charge in [0.2, 0.25) is 10.0 Å². The summed E-state index contributed by atoms with van der Waals surface area (Å²) < 4.78 is 38.2. The Bertz CT molecular complexity index is 1210. The lowest BCUT2D eigenvalue weighted by Gasteiger charge is -2.19. The summed E-state index contributed by atoms with van der Waals surface area (Å²) >= 11 is 0. The van der Waals surface area contributed by atoms with Crippen molar-refractivity contribution in [2.75, 3.05) is 32.1 Å². The minimum absolute atomic E-state index is 0.0847. The molecule has 180 valence electrons. The quantitative estimate of drug-likeness (QED) is 0.440. The van der Waals surface area contributed by atoms with Gasteiger partial charge in [-0.25, -0.2) is 8.42 Å². The molecule has 7 nitrogen and oxygen atoms in total. The van der Waals surface area contributed by atoms with Gasteiger partial charge in [0.15, 0.2) is 6.61 Å². The van der Waals surface area contributed by atoms with Crippen LogP contribution in [0.2, 0.25) is 0 Å². The van der Waals surface area contributed by atoms with Crippen LogP contribution in [-0.4, -0.2) is 45.4 Å². The molecule has 0 radical (unpaired) electrons. The number of hydrogen-bond acceptors (Lipinski definition) is 5. The third-order valence-electron chi connectivity index (χ3n) is 5.36. The first-order valence-corrected chi connectivity index (χ1v) is 12.6. The van der Waals surface area contributed by atoms with Crippen LogP contribution in [0.5, 0.6) is 11.5 Å². The van der Waals surface area contributed by atoms with Gasteiger partial charge in [-0.1, -0.05) is 62.4 Å². The van der Waals surface area contributed by atoms with E-state index in [9.17, 15) is 13.2 Å². The molecule has 34 heavy (non-hydrogen) atoms. The van der Waals surface area contributed by atoms with E-state index in [1.807, 2.05) is 54.6 Å². The maximum Gasteiger partial charge on any atom is 0.262 e. The molecule has 3 aromatic rings. The zero-order valence-corrected chi connectivity index (χ0v) is 20.5. The van der Waals surface area contributed by atoms with E-state index in [0.717, 1.165) is 11.1 Å². The fraction of sp³-hybridized carbons (Fsp3) is 0.269.